The second-order valence-corrected chi connectivity index (χ2v) is 5.59. The van der Waals surface area contributed by atoms with E-state index in [-0.39, 0.29) is 17.2 Å². The summed E-state index contributed by atoms with van der Waals surface area (Å²) >= 11 is 0. The fourth-order valence-electron chi connectivity index (χ4n) is 1.14. The molecule has 0 amide bonds. The summed E-state index contributed by atoms with van der Waals surface area (Å²) < 4.78 is 24.5. The Hall–Kier alpha value is -1.24. The molecule has 0 unspecified atom stereocenters. The van der Waals surface area contributed by atoms with Gasteiger partial charge in [-0.25, -0.2) is 12.7 Å². The summed E-state index contributed by atoms with van der Waals surface area (Å²) in [4.78, 5) is 11.4. The predicted molar refractivity (Wildman–Crippen MR) is 60.7 cm³/mol. The van der Waals surface area contributed by atoms with Crippen molar-refractivity contribution < 1.29 is 13.2 Å². The lowest BCUT2D eigenvalue weighted by atomic mass is 10.1. The van der Waals surface area contributed by atoms with Gasteiger partial charge in [0.25, 0.3) is 0 Å². The van der Waals surface area contributed by atoms with Crippen molar-refractivity contribution in [1.29, 1.82) is 0 Å². The SMILES string of the molecule is CN(C)S(=O)(=O)c1ccc(C(=O)CN)cc1. The van der Waals surface area contributed by atoms with E-state index >= 15 is 0 Å². The Labute approximate surface area is 94.9 Å². The van der Waals surface area contributed by atoms with Crippen LogP contribution in [-0.4, -0.2) is 39.1 Å². The van der Waals surface area contributed by atoms with Gasteiger partial charge < -0.3 is 5.73 Å². The van der Waals surface area contributed by atoms with Crippen LogP contribution in [0.4, 0.5) is 0 Å². The van der Waals surface area contributed by atoms with Crippen LogP contribution in [0.3, 0.4) is 0 Å². The number of hydrogen-bond acceptors (Lipinski definition) is 4. The molecular weight excluding hydrogens is 228 g/mol. The largest absolute Gasteiger partial charge is 0.324 e. The first kappa shape index (κ1) is 12.8. The summed E-state index contributed by atoms with van der Waals surface area (Å²) in [6.07, 6.45) is 0. The first-order valence-electron chi connectivity index (χ1n) is 4.65. The quantitative estimate of drug-likeness (QED) is 0.758. The second-order valence-electron chi connectivity index (χ2n) is 3.44. The Balaban J connectivity index is 3.10. The lowest BCUT2D eigenvalue weighted by Gasteiger charge is -2.11. The molecule has 0 atom stereocenters. The van der Waals surface area contributed by atoms with Crippen molar-refractivity contribution in [3.8, 4) is 0 Å². The molecule has 2 N–H and O–H groups in total. The number of hydrogen-bond donors (Lipinski definition) is 1. The van der Waals surface area contributed by atoms with E-state index < -0.39 is 10.0 Å². The molecule has 0 aliphatic heterocycles. The van der Waals surface area contributed by atoms with E-state index in [9.17, 15) is 13.2 Å². The molecule has 0 aliphatic carbocycles. The first-order chi connectivity index (χ1) is 7.39. The van der Waals surface area contributed by atoms with E-state index in [4.69, 9.17) is 5.73 Å². The van der Waals surface area contributed by atoms with Crippen LogP contribution < -0.4 is 5.73 Å². The summed E-state index contributed by atoms with van der Waals surface area (Å²) in [5.74, 6) is -0.214. The van der Waals surface area contributed by atoms with E-state index in [1.165, 1.54) is 38.4 Å². The summed E-state index contributed by atoms with van der Waals surface area (Å²) in [6, 6.07) is 5.73. The van der Waals surface area contributed by atoms with Gasteiger partial charge in [0, 0.05) is 19.7 Å². The maximum Gasteiger partial charge on any atom is 0.242 e. The number of Topliss-reactive ketones (excluding diaryl/α,β-unsaturated/α-hetero) is 1. The van der Waals surface area contributed by atoms with Gasteiger partial charge in [-0.1, -0.05) is 12.1 Å². The molecule has 5 nitrogen and oxygen atoms in total. The minimum absolute atomic E-state index is 0.0836. The number of carbonyl (C=O) groups is 1. The van der Waals surface area contributed by atoms with Gasteiger partial charge in [0.1, 0.15) is 0 Å². The van der Waals surface area contributed by atoms with E-state index in [0.29, 0.717) is 5.56 Å². The highest BCUT2D eigenvalue weighted by atomic mass is 32.2. The molecule has 0 fully saturated rings. The van der Waals surface area contributed by atoms with E-state index in [1.54, 1.807) is 0 Å². The van der Waals surface area contributed by atoms with Gasteiger partial charge in [-0.2, -0.15) is 0 Å². The van der Waals surface area contributed by atoms with Crippen molar-refractivity contribution >= 4 is 15.8 Å². The van der Waals surface area contributed by atoms with Crippen LogP contribution in [-0.2, 0) is 10.0 Å². The van der Waals surface area contributed by atoms with Crippen molar-refractivity contribution in [3.05, 3.63) is 29.8 Å². The molecule has 0 radical (unpaired) electrons. The third-order valence-electron chi connectivity index (χ3n) is 2.14. The Kier molecular flexibility index (Phi) is 3.79. The average molecular weight is 242 g/mol. The normalized spacial score (nSPS) is 11.8. The Bertz CT molecular complexity index is 477. The van der Waals surface area contributed by atoms with Crippen molar-refractivity contribution in [1.82, 2.24) is 4.31 Å². The molecule has 0 aliphatic rings. The highest BCUT2D eigenvalue weighted by Crippen LogP contribution is 2.13. The van der Waals surface area contributed by atoms with E-state index in [1.807, 2.05) is 0 Å². The van der Waals surface area contributed by atoms with Crippen LogP contribution in [0.15, 0.2) is 29.2 Å². The molecule has 1 aromatic rings. The molecule has 0 saturated carbocycles. The number of nitrogens with zero attached hydrogens (tertiary/aromatic N) is 1. The minimum atomic E-state index is -3.44. The van der Waals surface area contributed by atoms with Crippen molar-refractivity contribution in [2.24, 2.45) is 5.73 Å². The van der Waals surface area contributed by atoms with Crippen LogP contribution >= 0.6 is 0 Å². The van der Waals surface area contributed by atoms with Crippen LogP contribution in [0.1, 0.15) is 10.4 Å². The molecule has 1 rings (SSSR count). The molecule has 0 bridgehead atoms. The van der Waals surface area contributed by atoms with Gasteiger partial charge in [0.2, 0.25) is 10.0 Å². The zero-order chi connectivity index (χ0) is 12.3. The Morgan fingerprint density at radius 2 is 1.75 bits per heavy atom. The topological polar surface area (TPSA) is 80.5 Å². The highest BCUT2D eigenvalue weighted by Gasteiger charge is 2.17. The first-order valence-corrected chi connectivity index (χ1v) is 6.09. The molecule has 0 aromatic heterocycles. The third kappa shape index (κ3) is 2.46. The van der Waals surface area contributed by atoms with Crippen LogP contribution in [0, 0.1) is 0 Å². The lowest BCUT2D eigenvalue weighted by Crippen LogP contribution is -2.22. The molecular formula is C10H14N2O3S. The number of ketones is 1. The maximum atomic E-state index is 11.7. The molecule has 0 saturated heterocycles. The lowest BCUT2D eigenvalue weighted by molar-refractivity contribution is 0.100. The highest BCUT2D eigenvalue weighted by molar-refractivity contribution is 7.89. The number of rotatable bonds is 4. The van der Waals surface area contributed by atoms with E-state index in [0.717, 1.165) is 4.31 Å². The van der Waals surface area contributed by atoms with Gasteiger partial charge in [0.15, 0.2) is 5.78 Å². The second kappa shape index (κ2) is 4.73. The van der Waals surface area contributed by atoms with Gasteiger partial charge in [-0.05, 0) is 12.1 Å². The molecule has 1 aromatic carbocycles. The standard InChI is InChI=1S/C10H14N2O3S/c1-12(2)16(14,15)9-5-3-8(4-6-9)10(13)7-11/h3-6H,7,11H2,1-2H3. The molecule has 88 valence electrons. The monoisotopic (exact) mass is 242 g/mol. The van der Waals surface area contributed by atoms with Crippen molar-refractivity contribution in [2.75, 3.05) is 20.6 Å². The Morgan fingerprint density at radius 3 is 2.12 bits per heavy atom. The smallest absolute Gasteiger partial charge is 0.242 e. The molecule has 6 heteroatoms. The minimum Gasteiger partial charge on any atom is -0.324 e. The van der Waals surface area contributed by atoms with Gasteiger partial charge >= 0.3 is 0 Å². The van der Waals surface area contributed by atoms with Gasteiger partial charge in [0.05, 0.1) is 11.4 Å². The van der Waals surface area contributed by atoms with Crippen LogP contribution in [0.2, 0.25) is 0 Å². The average Bonchev–Trinajstić information content (AvgIpc) is 2.28. The summed E-state index contributed by atoms with van der Waals surface area (Å²) in [5.41, 5.74) is 5.62. The number of sulfonamides is 1. The molecule has 0 spiro atoms. The van der Waals surface area contributed by atoms with Crippen LogP contribution in [0.25, 0.3) is 0 Å². The zero-order valence-electron chi connectivity index (χ0n) is 9.17. The fourth-order valence-corrected chi connectivity index (χ4v) is 2.04. The number of nitrogens with two attached hydrogens (primary N) is 1. The number of carbonyl (C=O) groups excluding carboxylic acids is 1. The molecule has 0 heterocycles. The predicted octanol–water partition coefficient (Wildman–Crippen LogP) is 0.0783. The summed E-state index contributed by atoms with van der Waals surface area (Å²) in [6.45, 7) is -0.0836. The summed E-state index contributed by atoms with van der Waals surface area (Å²) in [5, 5.41) is 0. The summed E-state index contributed by atoms with van der Waals surface area (Å²) in [7, 11) is -0.530. The van der Waals surface area contributed by atoms with Gasteiger partial charge in [-0.3, -0.25) is 4.79 Å². The van der Waals surface area contributed by atoms with Crippen LogP contribution in [0.5, 0.6) is 0 Å². The molecule has 16 heavy (non-hydrogen) atoms. The number of benzene rings is 1. The Morgan fingerprint density at radius 1 is 1.25 bits per heavy atom. The maximum absolute atomic E-state index is 11.7. The van der Waals surface area contributed by atoms with Crippen molar-refractivity contribution in [2.45, 2.75) is 4.90 Å². The van der Waals surface area contributed by atoms with Crippen molar-refractivity contribution in [3.63, 3.8) is 0 Å². The van der Waals surface area contributed by atoms with Gasteiger partial charge in [-0.15, -0.1) is 0 Å². The fraction of sp³-hybridized carbons (Fsp3) is 0.300. The zero-order valence-corrected chi connectivity index (χ0v) is 9.99. The van der Waals surface area contributed by atoms with E-state index in [2.05, 4.69) is 0 Å². The third-order valence-corrected chi connectivity index (χ3v) is 3.97.